The van der Waals surface area contributed by atoms with Gasteiger partial charge in [0.2, 0.25) is 5.82 Å². The quantitative estimate of drug-likeness (QED) is 0.549. The van der Waals surface area contributed by atoms with Crippen LogP contribution < -0.4 is 16.4 Å². The molecule has 0 amide bonds. The normalized spacial score (nSPS) is 23.6. The third-order valence-electron chi connectivity index (χ3n) is 3.07. The summed E-state index contributed by atoms with van der Waals surface area (Å²) >= 11 is 0. The lowest BCUT2D eigenvalue weighted by molar-refractivity contribution is -0.384. The molecule has 0 spiro atoms. The molecule has 18 heavy (non-hydrogen) atoms. The van der Waals surface area contributed by atoms with Crippen LogP contribution in [0.1, 0.15) is 19.8 Å². The second-order valence-corrected chi connectivity index (χ2v) is 4.58. The predicted octanol–water partition coefficient (Wildman–Crippen LogP) is 1.12. The van der Waals surface area contributed by atoms with Crippen LogP contribution in [-0.2, 0) is 0 Å². The highest BCUT2D eigenvalue weighted by atomic mass is 16.6. The minimum atomic E-state index is -0.529. The monoisotopic (exact) mass is 251 g/mol. The summed E-state index contributed by atoms with van der Waals surface area (Å²) in [4.78, 5) is 14.1. The Morgan fingerprint density at radius 3 is 3.00 bits per heavy atom. The first-order valence-corrected chi connectivity index (χ1v) is 5.97. The lowest BCUT2D eigenvalue weighted by Gasteiger charge is -2.29. The summed E-state index contributed by atoms with van der Waals surface area (Å²) < 4.78 is 0. The van der Waals surface area contributed by atoms with E-state index in [1.54, 1.807) is 6.07 Å². The Morgan fingerprint density at radius 2 is 2.39 bits per heavy atom. The largest absolute Gasteiger partial charge is 0.378 e. The Balaban J connectivity index is 2.05. The molecule has 2 heterocycles. The number of hydrogen-bond acceptors (Lipinski definition) is 6. The van der Waals surface area contributed by atoms with Gasteiger partial charge in [-0.05, 0) is 32.4 Å². The van der Waals surface area contributed by atoms with Crippen LogP contribution in [0.15, 0.2) is 12.1 Å². The van der Waals surface area contributed by atoms with Gasteiger partial charge in [-0.25, -0.2) is 4.98 Å². The molecule has 0 radical (unpaired) electrons. The second-order valence-electron chi connectivity index (χ2n) is 4.58. The number of nitrogen functional groups attached to an aromatic ring is 1. The molecule has 7 heteroatoms. The molecule has 0 saturated carbocycles. The Kier molecular flexibility index (Phi) is 3.61. The molecule has 1 aliphatic rings. The Morgan fingerprint density at radius 1 is 1.61 bits per heavy atom. The molecule has 0 aliphatic carbocycles. The van der Waals surface area contributed by atoms with E-state index in [1.807, 2.05) is 0 Å². The molecule has 98 valence electrons. The van der Waals surface area contributed by atoms with Gasteiger partial charge in [0, 0.05) is 18.2 Å². The van der Waals surface area contributed by atoms with Crippen molar-refractivity contribution >= 4 is 17.3 Å². The van der Waals surface area contributed by atoms with E-state index in [0.29, 0.717) is 17.9 Å². The van der Waals surface area contributed by atoms with Gasteiger partial charge in [-0.2, -0.15) is 0 Å². The molecule has 1 aromatic heterocycles. The predicted molar refractivity (Wildman–Crippen MR) is 69.4 cm³/mol. The van der Waals surface area contributed by atoms with Gasteiger partial charge in [-0.15, -0.1) is 0 Å². The molecule has 1 aromatic rings. The number of piperidine rings is 1. The summed E-state index contributed by atoms with van der Waals surface area (Å²) in [6.45, 7) is 3.09. The Bertz CT molecular complexity index is 451. The fraction of sp³-hybridized carbons (Fsp3) is 0.545. The van der Waals surface area contributed by atoms with Gasteiger partial charge < -0.3 is 16.4 Å². The SMILES string of the molecule is CC1CC(Nc2ccc([N+](=O)[O-])c(N)n2)CCN1. The van der Waals surface area contributed by atoms with Crippen molar-refractivity contribution < 1.29 is 4.92 Å². The molecule has 0 bridgehead atoms. The molecule has 4 N–H and O–H groups in total. The van der Waals surface area contributed by atoms with Crippen molar-refractivity contribution in [1.82, 2.24) is 10.3 Å². The number of anilines is 2. The lowest BCUT2D eigenvalue weighted by atomic mass is 10.0. The number of nitrogens with zero attached hydrogens (tertiary/aromatic N) is 2. The minimum Gasteiger partial charge on any atom is -0.378 e. The van der Waals surface area contributed by atoms with E-state index < -0.39 is 4.92 Å². The molecule has 1 aliphatic heterocycles. The van der Waals surface area contributed by atoms with Gasteiger partial charge in [0.25, 0.3) is 0 Å². The van der Waals surface area contributed by atoms with Crippen LogP contribution in [0.3, 0.4) is 0 Å². The highest BCUT2D eigenvalue weighted by Gasteiger charge is 2.19. The molecular weight excluding hydrogens is 234 g/mol. The molecule has 2 atom stereocenters. The summed E-state index contributed by atoms with van der Waals surface area (Å²) in [6.07, 6.45) is 2.00. The number of pyridine rings is 1. The van der Waals surface area contributed by atoms with Gasteiger partial charge in [0.1, 0.15) is 5.82 Å². The molecule has 2 rings (SSSR count). The first kappa shape index (κ1) is 12.6. The third-order valence-corrected chi connectivity index (χ3v) is 3.07. The fourth-order valence-electron chi connectivity index (χ4n) is 2.17. The number of nitrogens with one attached hydrogen (secondary N) is 2. The van der Waals surface area contributed by atoms with Crippen molar-refractivity contribution in [2.24, 2.45) is 0 Å². The van der Waals surface area contributed by atoms with Crippen LogP contribution in [-0.4, -0.2) is 28.5 Å². The van der Waals surface area contributed by atoms with Crippen LogP contribution in [0.25, 0.3) is 0 Å². The average Bonchev–Trinajstić information content (AvgIpc) is 2.28. The number of aromatic nitrogens is 1. The zero-order valence-corrected chi connectivity index (χ0v) is 10.2. The number of rotatable bonds is 3. The molecule has 7 nitrogen and oxygen atoms in total. The smallest absolute Gasteiger partial charge is 0.311 e. The fourth-order valence-corrected chi connectivity index (χ4v) is 2.17. The molecule has 2 unspecified atom stereocenters. The molecular formula is C11H17N5O2. The summed E-state index contributed by atoms with van der Waals surface area (Å²) in [5.74, 6) is 0.546. The van der Waals surface area contributed by atoms with E-state index >= 15 is 0 Å². The van der Waals surface area contributed by atoms with Gasteiger partial charge in [0.15, 0.2) is 0 Å². The highest BCUT2D eigenvalue weighted by molar-refractivity contribution is 5.57. The average molecular weight is 251 g/mol. The van der Waals surface area contributed by atoms with Crippen LogP contribution >= 0.6 is 0 Å². The standard InChI is InChI=1S/C11H17N5O2/c1-7-6-8(4-5-13-7)14-10-3-2-9(16(17)18)11(12)15-10/h2-3,7-8,13H,4-6H2,1H3,(H3,12,14,15). The number of nitro groups is 1. The van der Waals surface area contributed by atoms with Gasteiger partial charge in [0.05, 0.1) is 4.92 Å². The van der Waals surface area contributed by atoms with E-state index in [9.17, 15) is 10.1 Å². The Labute approximate surface area is 105 Å². The van der Waals surface area contributed by atoms with Gasteiger partial charge in [-0.3, -0.25) is 10.1 Å². The topological polar surface area (TPSA) is 106 Å². The number of hydrogen-bond donors (Lipinski definition) is 3. The van der Waals surface area contributed by atoms with Crippen molar-refractivity contribution in [2.45, 2.75) is 31.8 Å². The van der Waals surface area contributed by atoms with Crippen molar-refractivity contribution in [1.29, 1.82) is 0 Å². The maximum absolute atomic E-state index is 10.6. The van der Waals surface area contributed by atoms with Crippen molar-refractivity contribution in [3.05, 3.63) is 22.2 Å². The summed E-state index contributed by atoms with van der Waals surface area (Å²) in [7, 11) is 0. The lowest BCUT2D eigenvalue weighted by Crippen LogP contribution is -2.41. The van der Waals surface area contributed by atoms with E-state index in [2.05, 4.69) is 22.5 Å². The molecule has 0 aromatic carbocycles. The highest BCUT2D eigenvalue weighted by Crippen LogP contribution is 2.22. The Hall–Kier alpha value is -1.89. The van der Waals surface area contributed by atoms with E-state index in [1.165, 1.54) is 6.07 Å². The van der Waals surface area contributed by atoms with Crippen molar-refractivity contribution in [3.63, 3.8) is 0 Å². The van der Waals surface area contributed by atoms with Crippen molar-refractivity contribution in [2.75, 3.05) is 17.6 Å². The first-order valence-electron chi connectivity index (χ1n) is 5.97. The van der Waals surface area contributed by atoms with Crippen molar-refractivity contribution in [3.8, 4) is 0 Å². The maximum atomic E-state index is 10.6. The van der Waals surface area contributed by atoms with E-state index in [-0.39, 0.29) is 11.5 Å². The van der Waals surface area contributed by atoms with Gasteiger partial charge >= 0.3 is 5.69 Å². The zero-order valence-electron chi connectivity index (χ0n) is 10.2. The summed E-state index contributed by atoms with van der Waals surface area (Å²) in [5, 5.41) is 17.2. The van der Waals surface area contributed by atoms with Crippen LogP contribution in [0.4, 0.5) is 17.3 Å². The minimum absolute atomic E-state index is 0.0491. The van der Waals surface area contributed by atoms with Crippen LogP contribution in [0.5, 0.6) is 0 Å². The second kappa shape index (κ2) is 5.18. The van der Waals surface area contributed by atoms with Gasteiger partial charge in [-0.1, -0.05) is 0 Å². The van der Waals surface area contributed by atoms with Crippen LogP contribution in [0.2, 0.25) is 0 Å². The molecule has 1 fully saturated rings. The van der Waals surface area contributed by atoms with Crippen LogP contribution in [0, 0.1) is 10.1 Å². The number of nitrogens with two attached hydrogens (primary N) is 1. The van der Waals surface area contributed by atoms with E-state index in [0.717, 1.165) is 19.4 Å². The summed E-state index contributed by atoms with van der Waals surface area (Å²) in [5.41, 5.74) is 5.40. The summed E-state index contributed by atoms with van der Waals surface area (Å²) in [6, 6.07) is 3.78. The third kappa shape index (κ3) is 2.86. The molecule has 1 saturated heterocycles. The first-order chi connectivity index (χ1) is 8.56. The maximum Gasteiger partial charge on any atom is 0.311 e. The van der Waals surface area contributed by atoms with E-state index in [4.69, 9.17) is 5.73 Å². The zero-order chi connectivity index (χ0) is 13.1.